The van der Waals surface area contributed by atoms with E-state index in [4.69, 9.17) is 11.6 Å². The lowest BCUT2D eigenvalue weighted by Gasteiger charge is -2.42. The van der Waals surface area contributed by atoms with Crippen molar-refractivity contribution in [2.75, 3.05) is 11.4 Å². The topological polar surface area (TPSA) is 32.3 Å². The highest BCUT2D eigenvalue weighted by Gasteiger charge is 2.36. The number of nitrogens with one attached hydrogen (secondary N) is 1. The average molecular weight is 267 g/mol. The number of rotatable bonds is 1. The van der Waals surface area contributed by atoms with E-state index >= 15 is 0 Å². The van der Waals surface area contributed by atoms with Crippen LogP contribution in [0.3, 0.4) is 0 Å². The van der Waals surface area contributed by atoms with Gasteiger partial charge in [0.1, 0.15) is 0 Å². The zero-order valence-electron chi connectivity index (χ0n) is 11.2. The van der Waals surface area contributed by atoms with Gasteiger partial charge >= 0.3 is 0 Å². The molecule has 1 aromatic rings. The van der Waals surface area contributed by atoms with Crippen molar-refractivity contribution >= 4 is 23.2 Å². The Kier molecular flexibility index (Phi) is 3.39. The Morgan fingerprint density at radius 1 is 1.44 bits per heavy atom. The monoisotopic (exact) mass is 266 g/mol. The molecule has 0 saturated carbocycles. The molecule has 1 atom stereocenters. The quantitative estimate of drug-likeness (QED) is 0.848. The van der Waals surface area contributed by atoms with Gasteiger partial charge in [-0.15, -0.1) is 0 Å². The van der Waals surface area contributed by atoms with Crippen LogP contribution in [0, 0.1) is 6.92 Å². The predicted octanol–water partition coefficient (Wildman–Crippen LogP) is 2.75. The van der Waals surface area contributed by atoms with Gasteiger partial charge in [-0.1, -0.05) is 17.7 Å². The molecular weight excluding hydrogens is 248 g/mol. The van der Waals surface area contributed by atoms with Crippen LogP contribution in [0.2, 0.25) is 5.02 Å². The second kappa shape index (κ2) is 4.56. The van der Waals surface area contributed by atoms with E-state index in [9.17, 15) is 4.79 Å². The van der Waals surface area contributed by atoms with Gasteiger partial charge in [0.15, 0.2) is 0 Å². The molecule has 0 aliphatic carbocycles. The maximum absolute atomic E-state index is 12.2. The maximum atomic E-state index is 12.2. The zero-order valence-corrected chi connectivity index (χ0v) is 12.0. The second-order valence-electron chi connectivity index (χ2n) is 5.61. The number of aryl methyl sites for hydroxylation is 1. The third-order valence-electron chi connectivity index (χ3n) is 3.26. The Morgan fingerprint density at radius 3 is 2.72 bits per heavy atom. The van der Waals surface area contributed by atoms with Crippen molar-refractivity contribution in [2.24, 2.45) is 0 Å². The number of nitrogens with zero attached hydrogens (tertiary/aromatic N) is 1. The summed E-state index contributed by atoms with van der Waals surface area (Å²) in [6.45, 7) is 8.69. The first-order valence-corrected chi connectivity index (χ1v) is 6.53. The van der Waals surface area contributed by atoms with Crippen LogP contribution in [0.1, 0.15) is 26.3 Å². The zero-order chi connectivity index (χ0) is 13.5. The van der Waals surface area contributed by atoms with E-state index in [1.54, 1.807) is 0 Å². The van der Waals surface area contributed by atoms with Crippen molar-refractivity contribution in [2.45, 2.75) is 39.3 Å². The smallest absolute Gasteiger partial charge is 0.243 e. The highest BCUT2D eigenvalue weighted by Crippen LogP contribution is 2.27. The van der Waals surface area contributed by atoms with Gasteiger partial charge in [0.2, 0.25) is 5.91 Å². The first-order chi connectivity index (χ1) is 8.30. The van der Waals surface area contributed by atoms with Gasteiger partial charge in [-0.3, -0.25) is 10.1 Å². The number of carbonyl (C=O) groups excluding carboxylic acids is 1. The molecule has 0 spiro atoms. The molecule has 1 aliphatic heterocycles. The summed E-state index contributed by atoms with van der Waals surface area (Å²) in [5, 5.41) is 4.01. The third-order valence-corrected chi connectivity index (χ3v) is 3.67. The van der Waals surface area contributed by atoms with Gasteiger partial charge in [0.05, 0.1) is 6.04 Å². The van der Waals surface area contributed by atoms with Crippen LogP contribution >= 0.6 is 11.6 Å². The molecule has 3 nitrogen and oxygen atoms in total. The van der Waals surface area contributed by atoms with E-state index in [1.807, 2.05) is 36.9 Å². The van der Waals surface area contributed by atoms with Crippen molar-refractivity contribution < 1.29 is 4.79 Å². The lowest BCUT2D eigenvalue weighted by Crippen LogP contribution is -2.64. The molecule has 1 aliphatic rings. The fraction of sp³-hybridized carbons (Fsp3) is 0.500. The van der Waals surface area contributed by atoms with Crippen LogP contribution in [0.15, 0.2) is 18.2 Å². The number of amides is 1. The average Bonchev–Trinajstić information content (AvgIpc) is 2.27. The van der Waals surface area contributed by atoms with Gasteiger partial charge in [-0.2, -0.15) is 0 Å². The maximum Gasteiger partial charge on any atom is 0.243 e. The summed E-state index contributed by atoms with van der Waals surface area (Å²) in [5.41, 5.74) is 1.80. The van der Waals surface area contributed by atoms with Crippen LogP contribution in [0.25, 0.3) is 0 Å². The molecule has 1 N–H and O–H groups in total. The highest BCUT2D eigenvalue weighted by molar-refractivity contribution is 6.31. The Labute approximate surface area is 113 Å². The summed E-state index contributed by atoms with van der Waals surface area (Å²) < 4.78 is 0. The summed E-state index contributed by atoms with van der Waals surface area (Å²) in [6.07, 6.45) is 0. The van der Waals surface area contributed by atoms with E-state index in [0.29, 0.717) is 11.6 Å². The molecule has 0 radical (unpaired) electrons. The highest BCUT2D eigenvalue weighted by atomic mass is 35.5. The van der Waals surface area contributed by atoms with Crippen LogP contribution in [0.4, 0.5) is 5.69 Å². The molecule has 4 heteroatoms. The lowest BCUT2D eigenvalue weighted by molar-refractivity contribution is -0.122. The van der Waals surface area contributed by atoms with E-state index in [2.05, 4.69) is 19.2 Å². The van der Waals surface area contributed by atoms with Gasteiger partial charge in [0.25, 0.3) is 0 Å². The summed E-state index contributed by atoms with van der Waals surface area (Å²) in [7, 11) is 0. The molecule has 0 bridgehead atoms. The number of anilines is 1. The molecule has 1 amide bonds. The fourth-order valence-corrected chi connectivity index (χ4v) is 2.54. The van der Waals surface area contributed by atoms with E-state index in [0.717, 1.165) is 11.3 Å². The second-order valence-corrected chi connectivity index (χ2v) is 6.01. The largest absolute Gasteiger partial charge is 0.309 e. The predicted molar refractivity (Wildman–Crippen MR) is 75.2 cm³/mol. The van der Waals surface area contributed by atoms with Crippen molar-refractivity contribution in [1.29, 1.82) is 0 Å². The third kappa shape index (κ3) is 2.52. The first-order valence-electron chi connectivity index (χ1n) is 6.15. The summed E-state index contributed by atoms with van der Waals surface area (Å²) in [4.78, 5) is 14.0. The molecule has 18 heavy (non-hydrogen) atoms. The molecule has 1 aromatic carbocycles. The Morgan fingerprint density at radius 2 is 2.11 bits per heavy atom. The van der Waals surface area contributed by atoms with E-state index in [-0.39, 0.29) is 17.5 Å². The summed E-state index contributed by atoms with van der Waals surface area (Å²) in [6, 6.07) is 5.59. The summed E-state index contributed by atoms with van der Waals surface area (Å²) >= 11 is 6.13. The van der Waals surface area contributed by atoms with Crippen LogP contribution < -0.4 is 10.2 Å². The van der Waals surface area contributed by atoms with Crippen LogP contribution in [-0.4, -0.2) is 24.0 Å². The minimum Gasteiger partial charge on any atom is -0.309 e. The molecule has 98 valence electrons. The van der Waals surface area contributed by atoms with Crippen molar-refractivity contribution in [1.82, 2.24) is 5.32 Å². The lowest BCUT2D eigenvalue weighted by atomic mass is 9.98. The molecule has 2 rings (SSSR count). The van der Waals surface area contributed by atoms with E-state index in [1.165, 1.54) is 0 Å². The normalized spacial score (nSPS) is 23.3. The first kappa shape index (κ1) is 13.4. The molecule has 1 fully saturated rings. The van der Waals surface area contributed by atoms with Crippen LogP contribution in [-0.2, 0) is 4.79 Å². The van der Waals surface area contributed by atoms with Gasteiger partial charge in [-0.05, 0) is 45.4 Å². The van der Waals surface area contributed by atoms with Crippen molar-refractivity contribution in [3.05, 3.63) is 28.8 Å². The van der Waals surface area contributed by atoms with Crippen LogP contribution in [0.5, 0.6) is 0 Å². The number of carbonyl (C=O) groups is 1. The number of hydrogen-bond donors (Lipinski definition) is 1. The van der Waals surface area contributed by atoms with E-state index < -0.39 is 0 Å². The molecule has 0 aromatic heterocycles. The Bertz CT molecular complexity index is 485. The van der Waals surface area contributed by atoms with Crippen molar-refractivity contribution in [3.8, 4) is 0 Å². The Balaban J connectivity index is 2.35. The standard InChI is InChI=1S/C14H19ClN2O/c1-9-5-6-11(7-12(9)15)17-8-14(3,4)16-10(2)13(17)18/h5-7,10,16H,8H2,1-4H3. The SMILES string of the molecule is Cc1ccc(N2CC(C)(C)NC(C)C2=O)cc1Cl. The molecule has 1 unspecified atom stereocenters. The Hall–Kier alpha value is -1.06. The van der Waals surface area contributed by atoms with Gasteiger partial charge in [-0.25, -0.2) is 0 Å². The number of halogens is 1. The fourth-order valence-electron chi connectivity index (χ4n) is 2.37. The number of benzene rings is 1. The van der Waals surface area contributed by atoms with Crippen molar-refractivity contribution in [3.63, 3.8) is 0 Å². The van der Waals surface area contributed by atoms with Gasteiger partial charge < -0.3 is 4.90 Å². The minimum atomic E-state index is -0.172. The molecular formula is C14H19ClN2O. The van der Waals surface area contributed by atoms with Gasteiger partial charge in [0, 0.05) is 22.8 Å². The number of piperazine rings is 1. The summed E-state index contributed by atoms with van der Waals surface area (Å²) in [5.74, 6) is 0.0919. The molecule has 1 heterocycles. The number of hydrogen-bond acceptors (Lipinski definition) is 2. The minimum absolute atomic E-state index is 0.0919. The molecule has 1 saturated heterocycles.